The highest BCUT2D eigenvalue weighted by Gasteiger charge is 2.01. The van der Waals surface area contributed by atoms with E-state index in [1.807, 2.05) is 0 Å². The van der Waals surface area contributed by atoms with Crippen LogP contribution < -0.4 is 5.43 Å². The predicted octanol–water partition coefficient (Wildman–Crippen LogP) is 2.49. The van der Waals surface area contributed by atoms with Crippen molar-refractivity contribution in [3.63, 3.8) is 0 Å². The SMILES string of the molecule is CCCCCCCCCC(=O)Nn1cnnc1. The van der Waals surface area contributed by atoms with E-state index in [2.05, 4.69) is 22.5 Å². The standard InChI is InChI=1S/C12H22N4O/c1-2-3-4-5-6-7-8-9-12(17)15-16-10-13-14-11-16/h10-11H,2-9H2,1H3,(H,15,17). The van der Waals surface area contributed by atoms with E-state index < -0.39 is 0 Å². The molecular weight excluding hydrogens is 216 g/mol. The Bertz CT molecular complexity index is 297. The summed E-state index contributed by atoms with van der Waals surface area (Å²) in [5.74, 6) is 0.0263. The van der Waals surface area contributed by atoms with Crippen LogP contribution in [0, 0.1) is 0 Å². The fourth-order valence-corrected chi connectivity index (χ4v) is 1.70. The van der Waals surface area contributed by atoms with Crippen LogP contribution in [0.5, 0.6) is 0 Å². The van der Waals surface area contributed by atoms with Gasteiger partial charge in [-0.2, -0.15) is 0 Å². The molecule has 0 saturated heterocycles. The molecule has 5 heteroatoms. The number of hydrogen-bond donors (Lipinski definition) is 1. The molecule has 0 aliphatic carbocycles. The second-order valence-corrected chi connectivity index (χ2v) is 4.28. The predicted molar refractivity (Wildman–Crippen MR) is 67.0 cm³/mol. The lowest BCUT2D eigenvalue weighted by Crippen LogP contribution is -2.20. The van der Waals surface area contributed by atoms with Gasteiger partial charge in [-0.1, -0.05) is 45.4 Å². The molecule has 0 radical (unpaired) electrons. The maximum absolute atomic E-state index is 11.5. The van der Waals surface area contributed by atoms with Crippen LogP contribution in [0.2, 0.25) is 0 Å². The van der Waals surface area contributed by atoms with E-state index in [0.717, 1.165) is 12.8 Å². The van der Waals surface area contributed by atoms with Crippen molar-refractivity contribution in [1.29, 1.82) is 0 Å². The first-order valence-electron chi connectivity index (χ1n) is 6.47. The average Bonchev–Trinajstić information content (AvgIpc) is 2.80. The number of nitrogens with one attached hydrogen (secondary N) is 1. The summed E-state index contributed by atoms with van der Waals surface area (Å²) in [5.41, 5.74) is 2.69. The van der Waals surface area contributed by atoms with Crippen LogP contribution in [-0.4, -0.2) is 20.8 Å². The van der Waals surface area contributed by atoms with Gasteiger partial charge in [-0.25, -0.2) is 4.68 Å². The maximum atomic E-state index is 11.5. The Kier molecular flexibility index (Phi) is 7.02. The van der Waals surface area contributed by atoms with E-state index >= 15 is 0 Å². The molecule has 5 nitrogen and oxygen atoms in total. The van der Waals surface area contributed by atoms with Crippen molar-refractivity contribution < 1.29 is 4.79 Å². The topological polar surface area (TPSA) is 59.8 Å². The van der Waals surface area contributed by atoms with Crippen molar-refractivity contribution in [2.45, 2.75) is 58.3 Å². The quantitative estimate of drug-likeness (QED) is 0.672. The Hall–Kier alpha value is -1.39. The molecule has 0 unspecified atom stereocenters. The summed E-state index contributed by atoms with van der Waals surface area (Å²) in [6.45, 7) is 2.22. The van der Waals surface area contributed by atoms with E-state index in [1.165, 1.54) is 49.4 Å². The fourth-order valence-electron chi connectivity index (χ4n) is 1.70. The maximum Gasteiger partial charge on any atom is 0.238 e. The zero-order chi connectivity index (χ0) is 12.3. The molecule has 0 saturated carbocycles. The van der Waals surface area contributed by atoms with Crippen molar-refractivity contribution in [3.05, 3.63) is 12.7 Å². The molecule has 0 aliphatic rings. The summed E-state index contributed by atoms with van der Waals surface area (Å²) in [5, 5.41) is 7.22. The molecule has 0 atom stereocenters. The lowest BCUT2D eigenvalue weighted by molar-refractivity contribution is -0.117. The van der Waals surface area contributed by atoms with Crippen molar-refractivity contribution >= 4 is 5.91 Å². The van der Waals surface area contributed by atoms with Crippen molar-refractivity contribution in [2.75, 3.05) is 5.43 Å². The van der Waals surface area contributed by atoms with Crippen LogP contribution in [0.15, 0.2) is 12.7 Å². The van der Waals surface area contributed by atoms with E-state index in [-0.39, 0.29) is 5.91 Å². The minimum absolute atomic E-state index is 0.0263. The molecule has 0 aromatic carbocycles. The molecule has 17 heavy (non-hydrogen) atoms. The van der Waals surface area contributed by atoms with Crippen molar-refractivity contribution in [2.24, 2.45) is 0 Å². The summed E-state index contributed by atoms with van der Waals surface area (Å²) in [6.07, 6.45) is 12.1. The third-order valence-corrected chi connectivity index (χ3v) is 2.68. The van der Waals surface area contributed by atoms with Crippen LogP contribution in [-0.2, 0) is 4.79 Å². The Balaban J connectivity index is 1.94. The number of nitrogens with zero attached hydrogens (tertiary/aromatic N) is 3. The minimum Gasteiger partial charge on any atom is -0.273 e. The van der Waals surface area contributed by atoms with Gasteiger partial charge >= 0.3 is 0 Å². The molecule has 0 fully saturated rings. The summed E-state index contributed by atoms with van der Waals surface area (Å²) in [6, 6.07) is 0. The molecule has 1 aromatic heterocycles. The fraction of sp³-hybridized carbons (Fsp3) is 0.750. The normalized spacial score (nSPS) is 10.4. The highest BCUT2D eigenvalue weighted by atomic mass is 16.2. The van der Waals surface area contributed by atoms with E-state index in [0.29, 0.717) is 6.42 Å². The third kappa shape index (κ3) is 6.71. The smallest absolute Gasteiger partial charge is 0.238 e. The highest BCUT2D eigenvalue weighted by Crippen LogP contribution is 2.08. The lowest BCUT2D eigenvalue weighted by Gasteiger charge is -2.04. The van der Waals surface area contributed by atoms with Gasteiger partial charge in [-0.3, -0.25) is 10.2 Å². The number of unbranched alkanes of at least 4 members (excludes halogenated alkanes) is 6. The minimum atomic E-state index is 0.0263. The van der Waals surface area contributed by atoms with Gasteiger partial charge in [0.15, 0.2) is 0 Å². The monoisotopic (exact) mass is 238 g/mol. The number of carbonyl (C=O) groups excluding carboxylic acids is 1. The molecule has 1 amide bonds. The molecule has 1 rings (SSSR count). The number of aromatic nitrogens is 3. The van der Waals surface area contributed by atoms with Gasteiger partial charge < -0.3 is 0 Å². The average molecular weight is 238 g/mol. The molecule has 0 aliphatic heterocycles. The lowest BCUT2D eigenvalue weighted by atomic mass is 10.1. The van der Waals surface area contributed by atoms with E-state index in [1.54, 1.807) is 0 Å². The molecular formula is C12H22N4O. The van der Waals surface area contributed by atoms with Crippen molar-refractivity contribution in [1.82, 2.24) is 14.9 Å². The molecule has 1 aromatic rings. The first kappa shape index (κ1) is 13.7. The summed E-state index contributed by atoms with van der Waals surface area (Å²) < 4.78 is 1.48. The third-order valence-electron chi connectivity index (χ3n) is 2.68. The molecule has 1 N–H and O–H groups in total. The first-order chi connectivity index (χ1) is 8.33. The number of carbonyl (C=O) groups is 1. The van der Waals surface area contributed by atoms with Gasteiger partial charge in [0.1, 0.15) is 12.7 Å². The summed E-state index contributed by atoms with van der Waals surface area (Å²) >= 11 is 0. The van der Waals surface area contributed by atoms with Gasteiger partial charge in [0.2, 0.25) is 5.91 Å². The molecule has 1 heterocycles. The van der Waals surface area contributed by atoms with Crippen molar-refractivity contribution in [3.8, 4) is 0 Å². The van der Waals surface area contributed by atoms with Crippen LogP contribution in [0.3, 0.4) is 0 Å². The van der Waals surface area contributed by atoms with E-state index in [9.17, 15) is 4.79 Å². The first-order valence-corrected chi connectivity index (χ1v) is 6.47. The highest BCUT2D eigenvalue weighted by molar-refractivity contribution is 5.83. The van der Waals surface area contributed by atoms with Crippen LogP contribution >= 0.6 is 0 Å². The van der Waals surface area contributed by atoms with Gasteiger partial charge in [0.05, 0.1) is 0 Å². The van der Waals surface area contributed by atoms with Gasteiger partial charge in [0, 0.05) is 6.42 Å². The molecule has 0 bridgehead atoms. The van der Waals surface area contributed by atoms with Gasteiger partial charge in [-0.15, -0.1) is 10.2 Å². The summed E-state index contributed by atoms with van der Waals surface area (Å²) in [7, 11) is 0. The van der Waals surface area contributed by atoms with Crippen LogP contribution in [0.4, 0.5) is 0 Å². The Morgan fingerprint density at radius 2 is 1.65 bits per heavy atom. The number of rotatable bonds is 9. The second-order valence-electron chi connectivity index (χ2n) is 4.28. The second kappa shape index (κ2) is 8.73. The van der Waals surface area contributed by atoms with Crippen LogP contribution in [0.1, 0.15) is 58.3 Å². The molecule has 0 spiro atoms. The Labute approximate surface area is 103 Å². The van der Waals surface area contributed by atoms with Gasteiger partial charge in [0.25, 0.3) is 0 Å². The largest absolute Gasteiger partial charge is 0.273 e. The number of amides is 1. The van der Waals surface area contributed by atoms with E-state index in [4.69, 9.17) is 0 Å². The zero-order valence-electron chi connectivity index (χ0n) is 10.6. The van der Waals surface area contributed by atoms with Crippen LogP contribution in [0.25, 0.3) is 0 Å². The number of hydrogen-bond acceptors (Lipinski definition) is 3. The zero-order valence-corrected chi connectivity index (χ0v) is 10.6. The Morgan fingerprint density at radius 3 is 2.29 bits per heavy atom. The van der Waals surface area contributed by atoms with Gasteiger partial charge in [-0.05, 0) is 6.42 Å². The molecule has 96 valence electrons. The summed E-state index contributed by atoms with van der Waals surface area (Å²) in [4.78, 5) is 11.5. The Morgan fingerprint density at radius 1 is 1.06 bits per heavy atom.